The average molecular weight is 229 g/mol. The third-order valence-corrected chi connectivity index (χ3v) is 0.390. The summed E-state index contributed by atoms with van der Waals surface area (Å²) in [5, 5.41) is 7.87. The van der Waals surface area contributed by atoms with Gasteiger partial charge in [0.25, 0.3) is 0 Å². The molecule has 0 aliphatic rings. The van der Waals surface area contributed by atoms with E-state index >= 15 is 0 Å². The summed E-state index contributed by atoms with van der Waals surface area (Å²) in [7, 11) is 0. The van der Waals surface area contributed by atoms with Gasteiger partial charge in [-0.15, -0.1) is 0 Å². The number of hydrogen-bond donors (Lipinski definition) is 2. The van der Waals surface area contributed by atoms with Gasteiger partial charge in [-0.3, -0.25) is 4.79 Å². The van der Waals surface area contributed by atoms with Gasteiger partial charge < -0.3 is 10.8 Å². The van der Waals surface area contributed by atoms with Crippen LogP contribution in [0.5, 0.6) is 0 Å². The van der Waals surface area contributed by atoms with Crippen LogP contribution in [0.3, 0.4) is 0 Å². The van der Waals surface area contributed by atoms with Crippen LogP contribution < -0.4 is 5.73 Å². The molecule has 0 spiro atoms. The summed E-state index contributed by atoms with van der Waals surface area (Å²) in [5.74, 6) is -0.963. The molecule has 0 aromatic carbocycles. The predicted octanol–water partition coefficient (Wildman–Crippen LogP) is -0.582. The fraction of sp³-hybridized carbons (Fsp3) is 0.667. The minimum atomic E-state index is -0.963. The second-order valence-electron chi connectivity index (χ2n) is 1.13. The molecule has 0 fully saturated rings. The summed E-state index contributed by atoms with van der Waals surface area (Å²) in [6.07, 6.45) is 0. The molecule has 0 amide bonds. The molecule has 3 nitrogen and oxygen atoms in total. The maximum absolute atomic E-state index is 9.57. The summed E-state index contributed by atoms with van der Waals surface area (Å²) in [5.41, 5.74) is 4.84. The molecule has 7 heavy (non-hydrogen) atoms. The van der Waals surface area contributed by atoms with Crippen molar-refractivity contribution in [2.24, 2.45) is 5.73 Å². The molecule has 0 aromatic heterocycles. The Kier molecular flexibility index (Phi) is 7.59. The van der Waals surface area contributed by atoms with Gasteiger partial charge in [0, 0.05) is 41.7 Å². The number of rotatable bonds is 1. The van der Waals surface area contributed by atoms with E-state index in [1.165, 1.54) is 6.92 Å². The first-order valence-corrected chi connectivity index (χ1v) is 1.63. The average Bonchev–Trinajstić information content (AvgIpc) is 1.36. The zero-order chi connectivity index (χ0) is 5.15. The Bertz CT molecular complexity index is 64.0. The van der Waals surface area contributed by atoms with Crippen molar-refractivity contribution in [3.63, 3.8) is 0 Å². The topological polar surface area (TPSA) is 63.3 Å². The molecule has 0 aliphatic carbocycles. The summed E-state index contributed by atoms with van der Waals surface area (Å²) >= 11 is 0. The molecule has 0 saturated heterocycles. The van der Waals surface area contributed by atoms with Crippen molar-refractivity contribution in [3.8, 4) is 0 Å². The van der Waals surface area contributed by atoms with E-state index in [-0.39, 0.29) is 41.7 Å². The maximum Gasteiger partial charge on any atom is 0.320 e. The van der Waals surface area contributed by atoms with Gasteiger partial charge in [-0.25, -0.2) is 0 Å². The van der Waals surface area contributed by atoms with Crippen LogP contribution in [0.2, 0.25) is 0 Å². The van der Waals surface area contributed by atoms with Crippen LogP contribution in [-0.2, 0) is 4.79 Å². The van der Waals surface area contributed by atoms with Crippen LogP contribution in [0.25, 0.3) is 0 Å². The fourth-order valence-electron chi connectivity index (χ4n) is 0. The van der Waals surface area contributed by atoms with Gasteiger partial charge >= 0.3 is 5.97 Å². The van der Waals surface area contributed by atoms with Crippen molar-refractivity contribution < 1.29 is 51.6 Å². The summed E-state index contributed by atoms with van der Waals surface area (Å²) in [6.45, 7) is 1.42. The number of hydrogen-bond acceptors (Lipinski definition) is 2. The molecule has 0 aromatic rings. The molecule has 0 saturated carbocycles. The molecule has 40 valence electrons. The Morgan fingerprint density at radius 2 is 2.00 bits per heavy atom. The molecule has 0 bridgehead atoms. The SMILES string of the molecule is C[C@H](N)C(=O)O.[Ce]. The molecule has 3 N–H and O–H groups in total. The fourth-order valence-corrected chi connectivity index (χ4v) is 0. The molecule has 4 heteroatoms. The maximum atomic E-state index is 9.57. The van der Waals surface area contributed by atoms with Gasteiger partial charge in [0.1, 0.15) is 6.04 Å². The number of carboxylic acids is 1. The van der Waals surface area contributed by atoms with Crippen molar-refractivity contribution in [1.29, 1.82) is 0 Å². The Hall–Kier alpha value is 0.807. The summed E-state index contributed by atoms with van der Waals surface area (Å²) < 4.78 is 0. The van der Waals surface area contributed by atoms with Crippen molar-refractivity contribution in [2.45, 2.75) is 13.0 Å². The van der Waals surface area contributed by atoms with Crippen LogP contribution in [0.15, 0.2) is 0 Å². The standard InChI is InChI=1S/C3H7NO2.Ce/c1-2(4)3(5)6;/h2H,4H2,1H3,(H,5,6);/t2-;/m0./s1. The number of carbonyl (C=O) groups is 1. The first-order chi connectivity index (χ1) is 2.64. The van der Waals surface area contributed by atoms with Gasteiger partial charge in [0.2, 0.25) is 0 Å². The third-order valence-electron chi connectivity index (χ3n) is 0.390. The Balaban J connectivity index is 0. The molecule has 1 atom stereocenters. The first kappa shape index (κ1) is 10.7. The van der Waals surface area contributed by atoms with Gasteiger partial charge in [-0.2, -0.15) is 0 Å². The largest absolute Gasteiger partial charge is 0.480 e. The van der Waals surface area contributed by atoms with Gasteiger partial charge in [-0.05, 0) is 6.92 Å². The second kappa shape index (κ2) is 4.95. The van der Waals surface area contributed by atoms with E-state index in [1.54, 1.807) is 0 Å². The monoisotopic (exact) mass is 229 g/mol. The zero-order valence-corrected chi connectivity index (χ0v) is 7.15. The first-order valence-electron chi connectivity index (χ1n) is 1.63. The Morgan fingerprint density at radius 1 is 1.86 bits per heavy atom. The predicted molar refractivity (Wildman–Crippen MR) is 21.3 cm³/mol. The molecule has 0 heterocycles. The van der Waals surface area contributed by atoms with Crippen molar-refractivity contribution in [3.05, 3.63) is 0 Å². The molecule has 0 aliphatic heterocycles. The normalized spacial score (nSPS) is 11.7. The minimum Gasteiger partial charge on any atom is -0.480 e. The quantitative estimate of drug-likeness (QED) is 0.632. The van der Waals surface area contributed by atoms with Gasteiger partial charge in [-0.1, -0.05) is 0 Å². The molecular weight excluding hydrogens is 222 g/mol. The van der Waals surface area contributed by atoms with Gasteiger partial charge in [0.05, 0.1) is 0 Å². The van der Waals surface area contributed by atoms with Crippen molar-refractivity contribution in [2.75, 3.05) is 0 Å². The number of carboxylic acid groups (broad SMARTS) is 1. The minimum absolute atomic E-state index is 0. The summed E-state index contributed by atoms with van der Waals surface area (Å²) in [6, 6.07) is -0.731. The molecule has 0 unspecified atom stereocenters. The van der Waals surface area contributed by atoms with Crippen LogP contribution in [0.4, 0.5) is 0 Å². The molecule has 0 radical (unpaired) electrons. The van der Waals surface area contributed by atoms with E-state index in [2.05, 4.69) is 0 Å². The second-order valence-corrected chi connectivity index (χ2v) is 1.13. The van der Waals surface area contributed by atoms with E-state index in [1.807, 2.05) is 0 Å². The van der Waals surface area contributed by atoms with E-state index in [9.17, 15) is 4.79 Å². The van der Waals surface area contributed by atoms with E-state index < -0.39 is 12.0 Å². The summed E-state index contributed by atoms with van der Waals surface area (Å²) in [4.78, 5) is 9.57. The van der Waals surface area contributed by atoms with E-state index in [4.69, 9.17) is 10.8 Å². The third kappa shape index (κ3) is 6.81. The zero-order valence-electron chi connectivity index (χ0n) is 4.01. The molecular formula is C3H7CeNO2. The number of nitrogens with two attached hydrogens (primary N) is 1. The van der Waals surface area contributed by atoms with Crippen LogP contribution in [0, 0.1) is 41.7 Å². The Labute approximate surface area is 75.6 Å². The molecule has 0 rings (SSSR count). The van der Waals surface area contributed by atoms with Crippen molar-refractivity contribution in [1.82, 2.24) is 0 Å². The Morgan fingerprint density at radius 3 is 2.00 bits per heavy atom. The van der Waals surface area contributed by atoms with E-state index in [0.717, 1.165) is 0 Å². The van der Waals surface area contributed by atoms with Crippen LogP contribution in [0.1, 0.15) is 6.92 Å². The van der Waals surface area contributed by atoms with Crippen LogP contribution in [-0.4, -0.2) is 17.1 Å². The van der Waals surface area contributed by atoms with Gasteiger partial charge in [0.15, 0.2) is 0 Å². The smallest absolute Gasteiger partial charge is 0.320 e. The number of aliphatic carboxylic acids is 1. The van der Waals surface area contributed by atoms with Crippen molar-refractivity contribution >= 4 is 5.97 Å². The van der Waals surface area contributed by atoms with Crippen LogP contribution >= 0.6 is 0 Å². The van der Waals surface area contributed by atoms with E-state index in [0.29, 0.717) is 0 Å².